The number of carbonyl (C=O) groups is 8. The Labute approximate surface area is 622 Å². The van der Waals surface area contributed by atoms with E-state index in [4.69, 9.17) is 58.7 Å². The number of esters is 2. The summed E-state index contributed by atoms with van der Waals surface area (Å²) in [6, 6.07) is 1.12. The summed E-state index contributed by atoms with van der Waals surface area (Å²) in [6.45, 7) is 10.5. The van der Waals surface area contributed by atoms with Crippen molar-refractivity contribution in [3.63, 3.8) is 0 Å². The molecule has 2 saturated heterocycles. The number of fused-ring (bicyclic) bond motifs is 15. The van der Waals surface area contributed by atoms with Crippen molar-refractivity contribution < 1.29 is 91.7 Å². The van der Waals surface area contributed by atoms with E-state index in [1.165, 1.54) is 53.3 Å². The van der Waals surface area contributed by atoms with E-state index >= 15 is 19.2 Å². The first-order chi connectivity index (χ1) is 50.7. The monoisotopic (exact) mass is 1550 g/mol. The normalized spacial score (nSPS) is 24.1. The van der Waals surface area contributed by atoms with Gasteiger partial charge in [-0.15, -0.1) is 56.7 Å². The third-order valence-electron chi connectivity index (χ3n) is 18.0. The second-order valence-corrected chi connectivity index (χ2v) is 30.0. The van der Waals surface area contributed by atoms with E-state index in [2.05, 4.69) is 53.0 Å². The van der Waals surface area contributed by atoms with Crippen LogP contribution in [0, 0.1) is 0 Å². The van der Waals surface area contributed by atoms with Gasteiger partial charge in [-0.2, -0.15) is 4.73 Å². The van der Waals surface area contributed by atoms with Gasteiger partial charge in [-0.25, -0.2) is 39.5 Å². The number of nitrogens with one attached hydrogen (secondary N) is 5. The smallest absolute Gasteiger partial charge is 0.358 e. The lowest BCUT2D eigenvalue weighted by atomic mass is 9.85. The Kier molecular flexibility index (Phi) is 21.9. The first kappa shape index (κ1) is 74.6. The summed E-state index contributed by atoms with van der Waals surface area (Å²) >= 11 is 4.57. The van der Waals surface area contributed by atoms with Crippen molar-refractivity contribution in [3.8, 4) is 38.4 Å². The topological polar surface area (TPSA) is 446 Å². The molecule has 0 radical (unpaired) electrons. The van der Waals surface area contributed by atoms with E-state index in [9.17, 15) is 34.5 Å². The standard InChI is InChI=1S/C67H71N15O19S5/c1-28(54(68)85)69-55(86)37-25-105-63(74-37)48-42(84)18-33-47(76-48)36-23-103-61(71-36)35-22-98-65(91)50-34-21-96-51(52(101-43-19-67(5,93)53(80(6)7)31(4)100-43)66(92)97-20-32-10-9-11-41(44(32)34)82(50)99-17-14-81-12-15-95-16-13-81)49(64-75-38(26-106-64)56(87)70-35)79-58(89)40-27-104-62(73-40)46(30(3)94-8)78-59(90)45(29(2)83)77-57(88)39-24-102-60(33)72-39/h9-11,18,23-27,29,31,35,43,45,49,51-53,83-84,93H,1,12-17,19-22H2,2-8H3,(H2,68,85)(H,69,86)(H,70,87)(H,77,88)(H,78,90)(H,79,89)/b46-30+/t29-,31+,35+,43+,45+,49+,51+,52+,53-,67+/m1/s1. The second-order valence-electron chi connectivity index (χ2n) is 25.6. The van der Waals surface area contributed by atoms with E-state index in [0.29, 0.717) is 49.3 Å². The molecular weight excluding hydrogens is 1480 g/mol. The summed E-state index contributed by atoms with van der Waals surface area (Å²) < 4.78 is 45.5. The first-order valence-electron chi connectivity index (χ1n) is 33.0. The lowest BCUT2D eigenvalue weighted by molar-refractivity contribution is -0.280. The number of carbonyl (C=O) groups excluding carboxylic acids is 8. The molecule has 13 rings (SSSR count). The highest BCUT2D eigenvalue weighted by Crippen LogP contribution is 2.43. The molecule has 10 atom stereocenters. The van der Waals surface area contributed by atoms with Crippen molar-refractivity contribution in [1.82, 2.24) is 71.0 Å². The number of allylic oxidation sites excluding steroid dienone is 1. The summed E-state index contributed by atoms with van der Waals surface area (Å²) in [4.78, 5) is 155. The summed E-state index contributed by atoms with van der Waals surface area (Å²) in [7, 11) is 4.88. The molecule has 106 heavy (non-hydrogen) atoms. The van der Waals surface area contributed by atoms with Crippen LogP contribution in [0.15, 0.2) is 69.2 Å². The summed E-state index contributed by atoms with van der Waals surface area (Å²) in [5.41, 5.74) is 2.97. The molecule has 1 aromatic carbocycles. The van der Waals surface area contributed by atoms with Gasteiger partial charge in [-0.3, -0.25) is 33.7 Å². The Morgan fingerprint density at radius 1 is 0.858 bits per heavy atom. The quantitative estimate of drug-likeness (QED) is 0.0453. The summed E-state index contributed by atoms with van der Waals surface area (Å²) in [5.74, 6) is -8.00. The summed E-state index contributed by atoms with van der Waals surface area (Å²) in [5, 5.41) is 56.1. The number of aliphatic hydroxyl groups excluding tert-OH is 1. The molecule has 0 spiro atoms. The second kappa shape index (κ2) is 31.1. The predicted octanol–water partition coefficient (Wildman–Crippen LogP) is 3.42. The lowest BCUT2D eigenvalue weighted by Crippen LogP contribution is -2.62. The van der Waals surface area contributed by atoms with Crippen LogP contribution in [0.4, 0.5) is 0 Å². The fourth-order valence-electron chi connectivity index (χ4n) is 12.9. The van der Waals surface area contributed by atoms with Gasteiger partial charge in [0, 0.05) is 69.5 Å². The van der Waals surface area contributed by atoms with Crippen molar-refractivity contribution in [1.29, 1.82) is 0 Å². The van der Waals surface area contributed by atoms with Crippen LogP contribution in [-0.2, 0) is 60.8 Å². The van der Waals surface area contributed by atoms with Crippen LogP contribution >= 0.6 is 56.7 Å². The predicted molar refractivity (Wildman–Crippen MR) is 382 cm³/mol. The molecule has 10 N–H and O–H groups in total. The van der Waals surface area contributed by atoms with Crippen molar-refractivity contribution >= 4 is 121 Å². The van der Waals surface area contributed by atoms with Crippen LogP contribution in [0.1, 0.15) is 125 Å². The zero-order chi connectivity index (χ0) is 75.2. The van der Waals surface area contributed by atoms with Crippen molar-refractivity contribution in [2.75, 3.05) is 67.3 Å². The Balaban J connectivity index is 1.00. The van der Waals surface area contributed by atoms with Crippen molar-refractivity contribution in [2.45, 2.75) is 108 Å². The number of thiazole rings is 5. The van der Waals surface area contributed by atoms with Crippen LogP contribution < -0.4 is 37.2 Å². The number of hydrogen-bond acceptors (Lipinski definition) is 32. The molecule has 0 aliphatic carbocycles. The Bertz CT molecular complexity index is 4820. The van der Waals surface area contributed by atoms with Gasteiger partial charge in [-0.1, -0.05) is 18.7 Å². The molecule has 558 valence electrons. The molecule has 12 heterocycles. The van der Waals surface area contributed by atoms with Gasteiger partial charge >= 0.3 is 11.9 Å². The third kappa shape index (κ3) is 15.4. The zero-order valence-electron chi connectivity index (χ0n) is 57.7. The minimum absolute atomic E-state index is 0.00225. The number of aromatic hydroxyl groups is 1. The number of amides is 6. The first-order valence-corrected chi connectivity index (χ1v) is 37.4. The van der Waals surface area contributed by atoms with Gasteiger partial charge in [0.25, 0.3) is 29.5 Å². The van der Waals surface area contributed by atoms with Crippen LogP contribution in [0.3, 0.4) is 0 Å². The minimum Gasteiger partial charge on any atom is -0.506 e. The van der Waals surface area contributed by atoms with Crippen LogP contribution in [-0.4, -0.2) is 223 Å². The molecule has 12 bridgehead atoms. The van der Waals surface area contributed by atoms with E-state index in [1.54, 1.807) is 56.4 Å². The molecule has 7 aromatic heterocycles. The van der Waals surface area contributed by atoms with Gasteiger partial charge in [0.2, 0.25) is 5.91 Å². The molecule has 5 aliphatic heterocycles. The number of cyclic esters (lactones) is 2. The molecule has 34 nitrogen and oxygen atoms in total. The van der Waals surface area contributed by atoms with Gasteiger partial charge in [0.05, 0.1) is 62.0 Å². The number of rotatable bonds is 13. The average Bonchev–Trinajstić information content (AvgIpc) is 1.64. The minimum atomic E-state index is -1.90. The fraction of sp³-hybridized carbons (Fsp3) is 0.403. The number of ether oxygens (including phenoxy) is 7. The number of primary amides is 1. The Morgan fingerprint density at radius 2 is 1.54 bits per heavy atom. The van der Waals surface area contributed by atoms with Gasteiger partial charge < -0.3 is 90.5 Å². The number of hydrogen-bond donors (Lipinski definition) is 9. The van der Waals surface area contributed by atoms with E-state index < -0.39 is 139 Å². The molecule has 8 aromatic rings. The number of benzene rings is 1. The maximum absolute atomic E-state index is 15.7. The number of pyridine rings is 1. The van der Waals surface area contributed by atoms with E-state index in [0.717, 1.165) is 56.7 Å². The highest BCUT2D eigenvalue weighted by Gasteiger charge is 2.50. The number of aliphatic hydroxyl groups is 2. The molecule has 6 amide bonds. The fourth-order valence-corrected chi connectivity index (χ4v) is 17.1. The molecule has 2 fully saturated rings. The van der Waals surface area contributed by atoms with E-state index in [-0.39, 0.29) is 106 Å². The number of nitrogens with zero attached hydrogens (tertiary/aromatic N) is 9. The van der Waals surface area contributed by atoms with Crippen LogP contribution in [0.25, 0.3) is 49.3 Å². The molecule has 5 aliphatic rings. The average molecular weight is 1550 g/mol. The van der Waals surface area contributed by atoms with Crippen molar-refractivity contribution in [3.05, 3.63) is 124 Å². The van der Waals surface area contributed by atoms with E-state index in [1.807, 2.05) is 0 Å². The SMILES string of the molecule is C=C(NC(=O)c1csc(-c2nc3c(cc2O)-c2nc(cs2)C(=O)N[C@@H]([C@@H](C)O)C(=O)N/C(=C(\C)OC)c2nc(cs2)C(=O)N[C@@H]2c4nc(cs4)C(=O)N[C@@H](COC(=O)c4c5c6c(cccc6n4OCCN4CCOCC4)COC(=O)[C@@H](O[C@H]4C[C@](C)(O)[C@H](N(C)C)[C@H](C)O4)[C@H]2OC5)c2nc-3cs2)n1)C(N)=O. The Morgan fingerprint density at radius 3 is 2.26 bits per heavy atom. The molecular formula is C67H71N15O19S5. The number of aromatic nitrogens is 7. The molecule has 0 unspecified atom stereocenters. The number of methoxy groups -OCH3 is 1. The highest BCUT2D eigenvalue weighted by atomic mass is 32.1. The maximum Gasteiger partial charge on any atom is 0.358 e. The summed E-state index contributed by atoms with van der Waals surface area (Å²) in [6.07, 6.45) is -7.50. The number of likely N-dealkylation sites (N-methyl/N-ethyl adjacent to an activating group) is 1. The highest BCUT2D eigenvalue weighted by molar-refractivity contribution is 7.14. The molecule has 0 saturated carbocycles. The third-order valence-corrected chi connectivity index (χ3v) is 22.5. The van der Waals surface area contributed by atoms with Crippen molar-refractivity contribution in [2.24, 2.45) is 5.73 Å². The van der Waals surface area contributed by atoms with Crippen LogP contribution in [0.5, 0.6) is 5.75 Å². The largest absolute Gasteiger partial charge is 0.506 e. The van der Waals surface area contributed by atoms with Gasteiger partial charge in [-0.05, 0) is 59.5 Å². The molecule has 39 heteroatoms. The number of morpholine rings is 1. The zero-order valence-corrected chi connectivity index (χ0v) is 61.8. The Hall–Kier alpha value is -9.62. The van der Waals surface area contributed by atoms with Gasteiger partial charge in [0.15, 0.2) is 18.1 Å². The number of nitrogens with two attached hydrogens (primary N) is 1. The van der Waals surface area contributed by atoms with Crippen LogP contribution in [0.2, 0.25) is 0 Å². The lowest BCUT2D eigenvalue weighted by Gasteiger charge is -2.48. The van der Waals surface area contributed by atoms with Gasteiger partial charge in [0.1, 0.15) is 126 Å². The maximum atomic E-state index is 15.7.